The maximum Gasteiger partial charge on any atom is 0.351 e. The number of pyridine rings is 1. The van der Waals surface area contributed by atoms with Crippen LogP contribution in [0.5, 0.6) is 0 Å². The van der Waals surface area contributed by atoms with Gasteiger partial charge in [0.15, 0.2) is 6.10 Å². The quantitative estimate of drug-likeness (QED) is 0.561. The molecule has 148 valence electrons. The van der Waals surface area contributed by atoms with Crippen LogP contribution in [0.15, 0.2) is 36.0 Å². The third kappa shape index (κ3) is 5.25. The Morgan fingerprint density at radius 2 is 2.18 bits per heavy atom. The first kappa shape index (κ1) is 20.2. The van der Waals surface area contributed by atoms with Crippen molar-refractivity contribution in [2.45, 2.75) is 52.1 Å². The Balaban J connectivity index is 1.53. The average Bonchev–Trinajstić information content (AvgIpc) is 3.11. The van der Waals surface area contributed by atoms with Gasteiger partial charge in [0.1, 0.15) is 9.88 Å². The van der Waals surface area contributed by atoms with E-state index in [-0.39, 0.29) is 5.91 Å². The van der Waals surface area contributed by atoms with Crippen LogP contribution in [0.1, 0.15) is 54.4 Å². The van der Waals surface area contributed by atoms with Crippen LogP contribution in [0.4, 0.5) is 0 Å². The number of carbonyl (C=O) groups excluding carboxylic acids is 2. The fraction of sp³-hybridized carbons (Fsp3) is 0.429. The molecule has 0 radical (unpaired) electrons. The molecule has 7 heteroatoms. The molecule has 1 amide bonds. The molecule has 1 aliphatic rings. The minimum absolute atomic E-state index is 0.281. The summed E-state index contributed by atoms with van der Waals surface area (Å²) in [6.07, 6.45) is 8.67. The zero-order chi connectivity index (χ0) is 19.9. The Bertz CT molecular complexity index is 861. The van der Waals surface area contributed by atoms with Crippen molar-refractivity contribution in [2.75, 3.05) is 6.54 Å². The second-order valence-electron chi connectivity index (χ2n) is 6.85. The van der Waals surface area contributed by atoms with Gasteiger partial charge in [0.2, 0.25) is 0 Å². The summed E-state index contributed by atoms with van der Waals surface area (Å²) in [5.74, 6) is -0.813. The molecule has 2 aromatic rings. The molecule has 3 rings (SSSR count). The predicted octanol–water partition coefficient (Wildman–Crippen LogP) is 4.07. The molecule has 0 bridgehead atoms. The van der Waals surface area contributed by atoms with Gasteiger partial charge >= 0.3 is 5.97 Å². The van der Waals surface area contributed by atoms with Crippen LogP contribution in [-0.2, 0) is 9.53 Å². The molecule has 0 saturated carbocycles. The average molecular weight is 400 g/mol. The van der Waals surface area contributed by atoms with Gasteiger partial charge in [0.25, 0.3) is 5.91 Å². The van der Waals surface area contributed by atoms with E-state index >= 15 is 0 Å². The van der Waals surface area contributed by atoms with E-state index in [1.165, 1.54) is 29.8 Å². The third-order valence-corrected chi connectivity index (χ3v) is 5.81. The van der Waals surface area contributed by atoms with E-state index < -0.39 is 12.1 Å². The number of esters is 1. The second kappa shape index (κ2) is 9.59. The number of hydrogen-bond acceptors (Lipinski definition) is 6. The van der Waals surface area contributed by atoms with E-state index in [1.807, 2.05) is 18.2 Å². The minimum Gasteiger partial charge on any atom is -0.448 e. The van der Waals surface area contributed by atoms with Crippen molar-refractivity contribution in [3.8, 4) is 10.7 Å². The number of nitrogens with one attached hydrogen (secondary N) is 1. The van der Waals surface area contributed by atoms with E-state index in [1.54, 1.807) is 20.0 Å². The molecule has 0 unspecified atom stereocenters. The molecule has 0 aromatic carbocycles. The lowest BCUT2D eigenvalue weighted by atomic mass is 9.97. The maximum absolute atomic E-state index is 12.5. The summed E-state index contributed by atoms with van der Waals surface area (Å²) in [6, 6.07) is 5.53. The topological polar surface area (TPSA) is 81.2 Å². The normalized spacial score (nSPS) is 14.9. The first-order chi connectivity index (χ1) is 13.5. The van der Waals surface area contributed by atoms with Crippen LogP contribution in [0.25, 0.3) is 10.7 Å². The summed E-state index contributed by atoms with van der Waals surface area (Å²) in [5.41, 5.74) is 2.68. The van der Waals surface area contributed by atoms with Gasteiger partial charge in [-0.2, -0.15) is 0 Å². The van der Waals surface area contributed by atoms with E-state index in [4.69, 9.17) is 4.74 Å². The fourth-order valence-electron chi connectivity index (χ4n) is 3.07. The highest BCUT2D eigenvalue weighted by molar-refractivity contribution is 7.17. The lowest BCUT2D eigenvalue weighted by Gasteiger charge is -2.15. The number of rotatable bonds is 7. The Morgan fingerprint density at radius 3 is 2.89 bits per heavy atom. The van der Waals surface area contributed by atoms with Crippen molar-refractivity contribution in [1.82, 2.24) is 15.3 Å². The van der Waals surface area contributed by atoms with Gasteiger partial charge in [-0.3, -0.25) is 9.78 Å². The molecule has 1 aliphatic carbocycles. The highest BCUT2D eigenvalue weighted by Gasteiger charge is 2.23. The van der Waals surface area contributed by atoms with E-state index in [9.17, 15) is 9.59 Å². The number of hydrogen-bond donors (Lipinski definition) is 1. The fourth-order valence-corrected chi connectivity index (χ4v) is 4.00. The lowest BCUT2D eigenvalue weighted by Crippen LogP contribution is -2.36. The predicted molar refractivity (Wildman–Crippen MR) is 109 cm³/mol. The zero-order valence-corrected chi connectivity index (χ0v) is 17.1. The highest BCUT2D eigenvalue weighted by Crippen LogP contribution is 2.27. The number of ether oxygens (including phenoxy) is 1. The Morgan fingerprint density at radius 1 is 1.32 bits per heavy atom. The second-order valence-corrected chi connectivity index (χ2v) is 7.84. The number of aromatic nitrogens is 2. The molecule has 2 heterocycles. The summed E-state index contributed by atoms with van der Waals surface area (Å²) >= 11 is 1.22. The third-order valence-electron chi connectivity index (χ3n) is 4.65. The van der Waals surface area contributed by atoms with Gasteiger partial charge < -0.3 is 10.1 Å². The molecule has 28 heavy (non-hydrogen) atoms. The Labute approximate surface area is 169 Å². The minimum atomic E-state index is -0.854. The molecular formula is C21H25N3O3S. The molecule has 0 aliphatic heterocycles. The lowest BCUT2D eigenvalue weighted by molar-refractivity contribution is -0.129. The van der Waals surface area contributed by atoms with Crippen LogP contribution in [0, 0.1) is 6.92 Å². The van der Waals surface area contributed by atoms with Crippen molar-refractivity contribution >= 4 is 23.2 Å². The summed E-state index contributed by atoms with van der Waals surface area (Å²) in [5, 5.41) is 3.51. The molecule has 1 atom stereocenters. The van der Waals surface area contributed by atoms with Gasteiger partial charge in [-0.05, 0) is 58.1 Å². The first-order valence-corrected chi connectivity index (χ1v) is 10.4. The number of carbonyl (C=O) groups is 2. The van der Waals surface area contributed by atoms with Crippen LogP contribution in [0.3, 0.4) is 0 Å². The molecular weight excluding hydrogens is 374 g/mol. The smallest absolute Gasteiger partial charge is 0.351 e. The van der Waals surface area contributed by atoms with E-state index in [0.717, 1.165) is 19.3 Å². The van der Waals surface area contributed by atoms with Gasteiger partial charge in [-0.1, -0.05) is 17.7 Å². The van der Waals surface area contributed by atoms with Gasteiger partial charge in [0.05, 0.1) is 11.4 Å². The van der Waals surface area contributed by atoms with Crippen molar-refractivity contribution in [1.29, 1.82) is 0 Å². The first-order valence-electron chi connectivity index (χ1n) is 9.60. The molecule has 0 saturated heterocycles. The monoisotopic (exact) mass is 399 g/mol. The number of nitrogens with zero attached hydrogens (tertiary/aromatic N) is 2. The van der Waals surface area contributed by atoms with Crippen LogP contribution in [-0.4, -0.2) is 34.5 Å². The van der Waals surface area contributed by atoms with Gasteiger partial charge in [0, 0.05) is 12.7 Å². The molecule has 6 nitrogen and oxygen atoms in total. The summed E-state index contributed by atoms with van der Waals surface area (Å²) in [7, 11) is 0. The number of allylic oxidation sites excluding steroid dienone is 1. The van der Waals surface area contributed by atoms with Crippen LogP contribution in [0.2, 0.25) is 0 Å². The highest BCUT2D eigenvalue weighted by atomic mass is 32.1. The van der Waals surface area contributed by atoms with Gasteiger partial charge in [-0.15, -0.1) is 11.3 Å². The molecule has 0 spiro atoms. The Hall–Kier alpha value is -2.54. The summed E-state index contributed by atoms with van der Waals surface area (Å²) < 4.78 is 5.36. The van der Waals surface area contributed by atoms with Crippen molar-refractivity contribution in [2.24, 2.45) is 0 Å². The van der Waals surface area contributed by atoms with Crippen molar-refractivity contribution in [3.63, 3.8) is 0 Å². The summed E-state index contributed by atoms with van der Waals surface area (Å²) in [4.78, 5) is 33.8. The van der Waals surface area contributed by atoms with Crippen LogP contribution < -0.4 is 5.32 Å². The molecule has 1 N–H and O–H groups in total. The maximum atomic E-state index is 12.5. The largest absolute Gasteiger partial charge is 0.448 e. The molecule has 2 aromatic heterocycles. The van der Waals surface area contributed by atoms with Crippen molar-refractivity contribution < 1.29 is 14.3 Å². The van der Waals surface area contributed by atoms with E-state index in [2.05, 4.69) is 21.4 Å². The summed E-state index contributed by atoms with van der Waals surface area (Å²) in [6.45, 7) is 3.90. The molecule has 0 fully saturated rings. The number of thiazole rings is 1. The van der Waals surface area contributed by atoms with Gasteiger partial charge in [-0.25, -0.2) is 9.78 Å². The SMILES string of the molecule is Cc1nc(-c2ccccn2)sc1C(=O)O[C@@H](C)C(=O)NCCC1=CCCCC1. The van der Waals surface area contributed by atoms with Crippen LogP contribution >= 0.6 is 11.3 Å². The zero-order valence-electron chi connectivity index (χ0n) is 16.2. The van der Waals surface area contributed by atoms with E-state index in [0.29, 0.717) is 27.8 Å². The van der Waals surface area contributed by atoms with Crippen molar-refractivity contribution in [3.05, 3.63) is 46.6 Å². The number of aryl methyl sites for hydroxylation is 1. The standard InChI is InChI=1S/C21H25N3O3S/c1-14-18(28-20(24-14)17-10-6-7-12-22-17)21(26)27-15(2)19(25)23-13-11-16-8-4-3-5-9-16/h6-8,10,12,15H,3-5,9,11,13H2,1-2H3,(H,23,25)/t15-/m0/s1. The Kier molecular flexibility index (Phi) is 6.92. The number of amides is 1.